The van der Waals surface area contributed by atoms with Gasteiger partial charge in [0.25, 0.3) is 5.91 Å². The molecular weight excluding hydrogens is 539 g/mol. The highest BCUT2D eigenvalue weighted by molar-refractivity contribution is 6.06. The molecule has 41 heavy (non-hydrogen) atoms. The van der Waals surface area contributed by atoms with Crippen LogP contribution in [0, 0.1) is 0 Å². The monoisotopic (exact) mass is 561 g/mol. The maximum atomic E-state index is 13.1. The van der Waals surface area contributed by atoms with Crippen molar-refractivity contribution < 1.29 is 27.5 Å². The van der Waals surface area contributed by atoms with Gasteiger partial charge in [0.15, 0.2) is 6.23 Å². The summed E-state index contributed by atoms with van der Waals surface area (Å²) >= 11 is 0. The summed E-state index contributed by atoms with van der Waals surface area (Å²) in [5, 5.41) is 9.90. The Kier molecular flexibility index (Phi) is 7.70. The van der Waals surface area contributed by atoms with Gasteiger partial charge in [0, 0.05) is 41.2 Å². The van der Waals surface area contributed by atoms with Gasteiger partial charge in [-0.15, -0.1) is 0 Å². The Morgan fingerprint density at radius 2 is 1.76 bits per heavy atom. The molecule has 10 nitrogen and oxygen atoms in total. The van der Waals surface area contributed by atoms with E-state index in [1.165, 1.54) is 24.7 Å². The molecule has 1 unspecified atom stereocenters. The number of carbonyl (C=O) groups excluding carboxylic acids is 2. The third-order valence-corrected chi connectivity index (χ3v) is 6.13. The van der Waals surface area contributed by atoms with E-state index in [4.69, 9.17) is 10.7 Å². The Labute approximate surface area is 230 Å². The smallest absolute Gasteiger partial charge is 0.436 e. The normalized spacial score (nSPS) is 12.2. The number of amides is 1. The molecule has 3 heterocycles. The molecule has 1 amide bonds. The zero-order valence-corrected chi connectivity index (χ0v) is 21.2. The fraction of sp³-hybridized carbons (Fsp3) is 0.143. The summed E-state index contributed by atoms with van der Waals surface area (Å²) in [7, 11) is 0. The zero-order valence-electron chi connectivity index (χ0n) is 21.2. The lowest BCUT2D eigenvalue weighted by Crippen LogP contribution is -2.29. The molecule has 0 bridgehead atoms. The van der Waals surface area contributed by atoms with Crippen molar-refractivity contribution in [3.63, 3.8) is 0 Å². The predicted octanol–water partition coefficient (Wildman–Crippen LogP) is 4.12. The van der Waals surface area contributed by atoms with Crippen LogP contribution in [0.1, 0.15) is 28.1 Å². The molecule has 0 aliphatic heterocycles. The van der Waals surface area contributed by atoms with Gasteiger partial charge in [-0.25, -0.2) is 14.8 Å². The molecule has 0 radical (unpaired) electrons. The topological polar surface area (TPSA) is 149 Å². The Bertz CT molecular complexity index is 1680. The van der Waals surface area contributed by atoms with Crippen molar-refractivity contribution in [1.82, 2.24) is 30.5 Å². The van der Waals surface area contributed by atoms with E-state index in [1.807, 2.05) is 36.4 Å². The molecule has 0 aliphatic carbocycles. The van der Waals surface area contributed by atoms with E-state index in [9.17, 15) is 22.8 Å². The number of pyridine rings is 2. The van der Waals surface area contributed by atoms with E-state index in [2.05, 4.69) is 30.2 Å². The van der Waals surface area contributed by atoms with E-state index in [1.54, 1.807) is 18.2 Å². The van der Waals surface area contributed by atoms with Crippen molar-refractivity contribution in [1.29, 1.82) is 0 Å². The van der Waals surface area contributed by atoms with Gasteiger partial charge in [0.2, 0.25) is 0 Å². The quantitative estimate of drug-likeness (QED) is 0.189. The predicted molar refractivity (Wildman–Crippen MR) is 142 cm³/mol. The van der Waals surface area contributed by atoms with Crippen LogP contribution in [0.15, 0.2) is 79.3 Å². The Balaban J connectivity index is 1.49. The molecule has 208 valence electrons. The molecule has 0 spiro atoms. The van der Waals surface area contributed by atoms with E-state index >= 15 is 0 Å². The molecule has 0 saturated heterocycles. The van der Waals surface area contributed by atoms with Gasteiger partial charge in [-0.2, -0.15) is 18.3 Å². The van der Waals surface area contributed by atoms with Crippen LogP contribution in [-0.4, -0.2) is 49.7 Å². The van der Waals surface area contributed by atoms with Gasteiger partial charge >= 0.3 is 12.1 Å². The summed E-state index contributed by atoms with van der Waals surface area (Å²) in [5.41, 5.74) is 9.24. The molecular formula is C28H22F3N7O3. The molecule has 13 heteroatoms. The highest BCUT2D eigenvalue weighted by atomic mass is 19.4. The molecule has 5 aromatic rings. The number of H-pyrrole nitrogens is 1. The van der Waals surface area contributed by atoms with Crippen molar-refractivity contribution in [2.75, 3.05) is 6.54 Å². The Morgan fingerprint density at radius 1 is 1.00 bits per heavy atom. The van der Waals surface area contributed by atoms with Crippen LogP contribution in [0.4, 0.5) is 13.2 Å². The molecule has 0 fully saturated rings. The largest absolute Gasteiger partial charge is 0.490 e. The minimum absolute atomic E-state index is 0.168. The van der Waals surface area contributed by atoms with Gasteiger partial charge in [-0.1, -0.05) is 54.6 Å². The Hall–Kier alpha value is -5.17. The highest BCUT2D eigenvalue weighted by Crippen LogP contribution is 2.34. The van der Waals surface area contributed by atoms with Gasteiger partial charge in [-0.3, -0.25) is 20.6 Å². The lowest BCUT2D eigenvalue weighted by molar-refractivity contribution is -0.205. The first-order chi connectivity index (χ1) is 19.7. The third kappa shape index (κ3) is 6.20. The second-order valence-corrected chi connectivity index (χ2v) is 8.86. The van der Waals surface area contributed by atoms with E-state index in [-0.39, 0.29) is 17.2 Å². The lowest BCUT2D eigenvalue weighted by Gasteiger charge is -2.16. The molecule has 0 saturated carbocycles. The number of nitrogens with one attached hydrogen (secondary N) is 2. The second kappa shape index (κ2) is 11.5. The number of aromatic nitrogens is 5. The maximum absolute atomic E-state index is 13.1. The number of aromatic amines is 1. The number of nitrogens with zero attached hydrogens (tertiary/aromatic N) is 4. The number of ether oxygens (including phenoxy) is 1. The van der Waals surface area contributed by atoms with Gasteiger partial charge in [0.05, 0.1) is 11.2 Å². The summed E-state index contributed by atoms with van der Waals surface area (Å²) in [6.07, 6.45) is -3.42. The van der Waals surface area contributed by atoms with Crippen LogP contribution in [0.3, 0.4) is 0 Å². The highest BCUT2D eigenvalue weighted by Gasteiger charge is 2.42. The third-order valence-electron chi connectivity index (χ3n) is 6.13. The molecule has 4 N–H and O–H groups in total. The minimum atomic E-state index is -5.15. The number of hydrogen-bond donors (Lipinski definition) is 3. The summed E-state index contributed by atoms with van der Waals surface area (Å²) in [6.45, 7) is 0.315. The first-order valence-electron chi connectivity index (χ1n) is 12.3. The van der Waals surface area contributed by atoms with Gasteiger partial charge in [0.1, 0.15) is 17.8 Å². The van der Waals surface area contributed by atoms with Crippen molar-refractivity contribution in [3.8, 4) is 22.4 Å². The standard InChI is InChI=1S/C28H22F3N7O3/c29-28(30,31)27(40)41-25(32)18-8-6-17(7-9-18)23-19(16-4-2-1-3-5-16)14-20-21(37-23)10-12-33-24(20)26(39)34-13-11-22-35-15-36-38-22/h1-10,12,14-15,25H,11,13,32H2,(H,34,39)(H,35,36,38). The number of benzene rings is 2. The summed E-state index contributed by atoms with van der Waals surface area (Å²) in [5.74, 6) is -2.11. The molecule has 3 aromatic heterocycles. The number of nitrogens with two attached hydrogens (primary N) is 1. The average molecular weight is 562 g/mol. The van der Waals surface area contributed by atoms with Gasteiger partial charge in [-0.05, 0) is 17.7 Å². The number of alkyl halides is 3. The van der Waals surface area contributed by atoms with Crippen LogP contribution in [0.25, 0.3) is 33.3 Å². The second-order valence-electron chi connectivity index (χ2n) is 8.86. The fourth-order valence-electron chi connectivity index (χ4n) is 4.15. The molecule has 5 rings (SSSR count). The number of carbonyl (C=O) groups is 2. The van der Waals surface area contributed by atoms with Gasteiger partial charge < -0.3 is 10.1 Å². The number of hydrogen-bond acceptors (Lipinski definition) is 8. The average Bonchev–Trinajstić information content (AvgIpc) is 3.49. The van der Waals surface area contributed by atoms with Crippen molar-refractivity contribution in [2.24, 2.45) is 5.73 Å². The number of halogens is 3. The Morgan fingerprint density at radius 3 is 2.44 bits per heavy atom. The van der Waals surface area contributed by atoms with E-state index in [0.29, 0.717) is 46.5 Å². The lowest BCUT2D eigenvalue weighted by atomic mass is 9.96. The van der Waals surface area contributed by atoms with Crippen LogP contribution in [0.2, 0.25) is 0 Å². The molecule has 1 atom stereocenters. The van der Waals surface area contributed by atoms with Crippen molar-refractivity contribution >= 4 is 22.8 Å². The van der Waals surface area contributed by atoms with Crippen molar-refractivity contribution in [2.45, 2.75) is 18.8 Å². The van der Waals surface area contributed by atoms with Crippen LogP contribution >= 0.6 is 0 Å². The fourth-order valence-corrected chi connectivity index (χ4v) is 4.15. The van der Waals surface area contributed by atoms with Crippen LogP contribution < -0.4 is 11.1 Å². The summed E-state index contributed by atoms with van der Waals surface area (Å²) in [6, 6.07) is 19.0. The first kappa shape index (κ1) is 27.4. The van der Waals surface area contributed by atoms with Crippen LogP contribution in [-0.2, 0) is 16.0 Å². The molecule has 2 aromatic carbocycles. The summed E-state index contributed by atoms with van der Waals surface area (Å²) in [4.78, 5) is 37.4. The zero-order chi connectivity index (χ0) is 29.0. The number of esters is 1. The number of rotatable bonds is 8. The summed E-state index contributed by atoms with van der Waals surface area (Å²) < 4.78 is 42.0. The minimum Gasteiger partial charge on any atom is -0.436 e. The molecule has 0 aliphatic rings. The van der Waals surface area contributed by atoms with E-state index in [0.717, 1.165) is 5.56 Å². The van der Waals surface area contributed by atoms with Crippen LogP contribution in [0.5, 0.6) is 0 Å². The van der Waals surface area contributed by atoms with E-state index < -0.39 is 18.4 Å². The number of fused-ring (bicyclic) bond motifs is 1. The maximum Gasteiger partial charge on any atom is 0.490 e. The van der Waals surface area contributed by atoms with Crippen molar-refractivity contribution in [3.05, 3.63) is 96.3 Å². The first-order valence-corrected chi connectivity index (χ1v) is 12.3. The SMILES string of the molecule is NC(OC(=O)C(F)(F)F)c1ccc(-c2nc3ccnc(C(=O)NCCc4ncn[nH]4)c3cc2-c2ccccc2)cc1.